The first-order valence-corrected chi connectivity index (χ1v) is 5.91. The van der Waals surface area contributed by atoms with E-state index in [1.54, 1.807) is 11.0 Å². The second-order valence-corrected chi connectivity index (χ2v) is 4.30. The molecular weight excluding hydrogens is 230 g/mol. The summed E-state index contributed by atoms with van der Waals surface area (Å²) in [5.41, 5.74) is 1.45. The lowest BCUT2D eigenvalue weighted by Crippen LogP contribution is -2.35. The Kier molecular flexibility index (Phi) is 3.77. The fourth-order valence-corrected chi connectivity index (χ4v) is 2.05. The van der Waals surface area contributed by atoms with Gasteiger partial charge in [-0.2, -0.15) is 0 Å². The zero-order valence-electron chi connectivity index (χ0n) is 10.0. The number of amides is 1. The van der Waals surface area contributed by atoms with Gasteiger partial charge in [0.1, 0.15) is 0 Å². The van der Waals surface area contributed by atoms with E-state index in [9.17, 15) is 9.59 Å². The van der Waals surface area contributed by atoms with E-state index in [2.05, 4.69) is 0 Å². The van der Waals surface area contributed by atoms with Crippen molar-refractivity contribution >= 4 is 11.9 Å². The molecule has 0 saturated heterocycles. The van der Waals surface area contributed by atoms with Gasteiger partial charge in [0.05, 0.1) is 6.42 Å². The van der Waals surface area contributed by atoms with E-state index in [4.69, 9.17) is 5.11 Å². The summed E-state index contributed by atoms with van der Waals surface area (Å²) < 4.78 is 0. The fraction of sp³-hybridized carbons (Fsp3) is 0.286. The van der Waals surface area contributed by atoms with Crippen LogP contribution >= 0.6 is 0 Å². The van der Waals surface area contributed by atoms with Crippen LogP contribution < -0.4 is 0 Å². The Hall–Kier alpha value is -2.10. The van der Waals surface area contributed by atoms with Gasteiger partial charge in [0.2, 0.25) is 5.91 Å². The van der Waals surface area contributed by atoms with Gasteiger partial charge in [0, 0.05) is 18.7 Å². The third-order valence-electron chi connectivity index (χ3n) is 2.91. The van der Waals surface area contributed by atoms with E-state index in [1.165, 1.54) is 0 Å². The molecule has 4 nitrogen and oxygen atoms in total. The second kappa shape index (κ2) is 5.49. The van der Waals surface area contributed by atoms with Crippen molar-refractivity contribution in [2.24, 2.45) is 0 Å². The highest BCUT2D eigenvalue weighted by molar-refractivity contribution is 5.97. The standard InChI is InChI=1S/C14H15NO3/c16-13(17)9-12-7-4-8-15(14(12)18)10-11-5-2-1-3-6-11/h1-3,5-7H,4,8-10H2,(H,16,17). The van der Waals surface area contributed by atoms with Crippen molar-refractivity contribution in [1.82, 2.24) is 4.90 Å². The third kappa shape index (κ3) is 2.97. The van der Waals surface area contributed by atoms with Gasteiger partial charge in [-0.1, -0.05) is 36.4 Å². The number of carboxylic acid groups (broad SMARTS) is 1. The van der Waals surface area contributed by atoms with E-state index in [-0.39, 0.29) is 12.3 Å². The van der Waals surface area contributed by atoms with Crippen molar-refractivity contribution in [3.05, 3.63) is 47.5 Å². The quantitative estimate of drug-likeness (QED) is 0.880. The smallest absolute Gasteiger partial charge is 0.308 e. The molecule has 1 aliphatic heterocycles. The summed E-state index contributed by atoms with van der Waals surface area (Å²) in [7, 11) is 0. The summed E-state index contributed by atoms with van der Waals surface area (Å²) in [5.74, 6) is -1.12. The summed E-state index contributed by atoms with van der Waals surface area (Å²) in [4.78, 5) is 24.4. The minimum Gasteiger partial charge on any atom is -0.481 e. The van der Waals surface area contributed by atoms with Gasteiger partial charge in [-0.25, -0.2) is 0 Å². The molecule has 1 amide bonds. The van der Waals surface area contributed by atoms with Crippen LogP contribution in [-0.4, -0.2) is 28.4 Å². The molecule has 0 aliphatic carbocycles. The summed E-state index contributed by atoms with van der Waals surface area (Å²) in [6.07, 6.45) is 2.27. The zero-order chi connectivity index (χ0) is 13.0. The van der Waals surface area contributed by atoms with Crippen molar-refractivity contribution in [1.29, 1.82) is 0 Å². The SMILES string of the molecule is O=C(O)CC1=CCCN(Cc2ccccc2)C1=O. The number of hydrogen-bond acceptors (Lipinski definition) is 2. The molecule has 0 fully saturated rings. The second-order valence-electron chi connectivity index (χ2n) is 4.30. The minimum atomic E-state index is -0.962. The van der Waals surface area contributed by atoms with Crippen molar-refractivity contribution in [2.75, 3.05) is 6.54 Å². The highest BCUT2D eigenvalue weighted by Crippen LogP contribution is 2.17. The molecule has 2 rings (SSSR count). The number of carboxylic acids is 1. The van der Waals surface area contributed by atoms with E-state index < -0.39 is 5.97 Å². The first-order chi connectivity index (χ1) is 8.66. The first kappa shape index (κ1) is 12.4. The van der Waals surface area contributed by atoms with Gasteiger partial charge >= 0.3 is 5.97 Å². The highest BCUT2D eigenvalue weighted by Gasteiger charge is 2.23. The number of carbonyl (C=O) groups is 2. The summed E-state index contributed by atoms with van der Waals surface area (Å²) in [6.45, 7) is 1.19. The largest absolute Gasteiger partial charge is 0.481 e. The van der Waals surface area contributed by atoms with E-state index in [0.29, 0.717) is 18.7 Å². The number of rotatable bonds is 4. The number of hydrogen-bond donors (Lipinski definition) is 1. The maximum Gasteiger partial charge on any atom is 0.308 e. The molecule has 18 heavy (non-hydrogen) atoms. The summed E-state index contributed by atoms with van der Waals surface area (Å²) in [5, 5.41) is 8.75. The van der Waals surface area contributed by atoms with Crippen LogP contribution in [0, 0.1) is 0 Å². The van der Waals surface area contributed by atoms with Crippen LogP contribution in [0.15, 0.2) is 42.0 Å². The van der Waals surface area contributed by atoms with E-state index in [0.717, 1.165) is 12.0 Å². The third-order valence-corrected chi connectivity index (χ3v) is 2.91. The number of carbonyl (C=O) groups excluding carboxylic acids is 1. The Labute approximate surface area is 106 Å². The van der Waals surface area contributed by atoms with Gasteiger partial charge in [-0.05, 0) is 12.0 Å². The van der Waals surface area contributed by atoms with Crippen molar-refractivity contribution in [3.8, 4) is 0 Å². The van der Waals surface area contributed by atoms with E-state index >= 15 is 0 Å². The van der Waals surface area contributed by atoms with E-state index in [1.807, 2.05) is 30.3 Å². The molecule has 0 atom stereocenters. The Morgan fingerprint density at radius 3 is 2.67 bits per heavy atom. The van der Waals surface area contributed by atoms with Gasteiger partial charge in [0.15, 0.2) is 0 Å². The molecule has 0 unspecified atom stereocenters. The normalized spacial score (nSPS) is 15.4. The molecule has 0 aromatic heterocycles. The van der Waals surface area contributed by atoms with Crippen molar-refractivity contribution in [3.63, 3.8) is 0 Å². The number of nitrogens with zero attached hydrogens (tertiary/aromatic N) is 1. The van der Waals surface area contributed by atoms with Gasteiger partial charge in [-0.15, -0.1) is 0 Å². The number of benzene rings is 1. The Morgan fingerprint density at radius 1 is 1.28 bits per heavy atom. The predicted molar refractivity (Wildman–Crippen MR) is 66.8 cm³/mol. The molecule has 0 spiro atoms. The minimum absolute atomic E-state index is 0.160. The lowest BCUT2D eigenvalue weighted by molar-refractivity contribution is -0.138. The Balaban J connectivity index is 2.05. The summed E-state index contributed by atoms with van der Waals surface area (Å²) >= 11 is 0. The molecule has 0 bridgehead atoms. The van der Waals surface area contributed by atoms with Gasteiger partial charge < -0.3 is 10.0 Å². The fourth-order valence-electron chi connectivity index (χ4n) is 2.05. The highest BCUT2D eigenvalue weighted by atomic mass is 16.4. The van der Waals surface area contributed by atoms with Crippen LogP contribution in [0.4, 0.5) is 0 Å². The molecule has 0 saturated carbocycles. The molecular formula is C14H15NO3. The van der Waals surface area contributed by atoms with Crippen LogP contribution in [-0.2, 0) is 16.1 Å². The molecule has 94 valence electrons. The Morgan fingerprint density at radius 2 is 2.00 bits per heavy atom. The Bertz CT molecular complexity index is 479. The average molecular weight is 245 g/mol. The van der Waals surface area contributed by atoms with Crippen molar-refractivity contribution < 1.29 is 14.7 Å². The molecule has 1 N–H and O–H groups in total. The lowest BCUT2D eigenvalue weighted by Gasteiger charge is -2.26. The van der Waals surface area contributed by atoms with Crippen molar-refractivity contribution in [2.45, 2.75) is 19.4 Å². The lowest BCUT2D eigenvalue weighted by atomic mass is 10.0. The number of aliphatic carboxylic acids is 1. The molecule has 0 radical (unpaired) electrons. The monoisotopic (exact) mass is 245 g/mol. The molecule has 4 heteroatoms. The molecule has 1 aromatic carbocycles. The van der Waals surface area contributed by atoms with Gasteiger partial charge in [-0.3, -0.25) is 9.59 Å². The topological polar surface area (TPSA) is 57.6 Å². The van der Waals surface area contributed by atoms with Gasteiger partial charge in [0.25, 0.3) is 0 Å². The maximum absolute atomic E-state index is 12.1. The average Bonchev–Trinajstić information content (AvgIpc) is 2.35. The van der Waals surface area contributed by atoms with Crippen LogP contribution in [0.1, 0.15) is 18.4 Å². The van der Waals surface area contributed by atoms with Crippen LogP contribution in [0.25, 0.3) is 0 Å². The zero-order valence-corrected chi connectivity index (χ0v) is 10.0. The summed E-state index contributed by atoms with van der Waals surface area (Å²) in [6, 6.07) is 9.71. The molecule has 1 aromatic rings. The van der Waals surface area contributed by atoms with Crippen LogP contribution in [0.3, 0.4) is 0 Å². The molecule has 1 heterocycles. The van der Waals surface area contributed by atoms with Crippen LogP contribution in [0.2, 0.25) is 0 Å². The van der Waals surface area contributed by atoms with Crippen LogP contribution in [0.5, 0.6) is 0 Å². The molecule has 1 aliphatic rings. The maximum atomic E-state index is 12.1. The first-order valence-electron chi connectivity index (χ1n) is 5.91. The predicted octanol–water partition coefficient (Wildman–Crippen LogP) is 1.82.